The van der Waals surface area contributed by atoms with Gasteiger partial charge in [-0.1, -0.05) is 32.9 Å². The number of hydrogen-bond donors (Lipinski definition) is 2. The number of carbonyl (C=O) groups is 1. The van der Waals surface area contributed by atoms with E-state index in [1.165, 1.54) is 5.56 Å². The molecule has 0 heterocycles. The molecule has 0 fully saturated rings. The van der Waals surface area contributed by atoms with E-state index >= 15 is 0 Å². The molecule has 1 rings (SSSR count). The highest BCUT2D eigenvalue weighted by Gasteiger charge is 2.03. The molecule has 0 unspecified atom stereocenters. The molecule has 0 spiro atoms. The molecule has 0 aliphatic rings. The Morgan fingerprint density at radius 2 is 1.90 bits per heavy atom. The number of benzene rings is 1. The van der Waals surface area contributed by atoms with Crippen molar-refractivity contribution >= 4 is 5.91 Å². The van der Waals surface area contributed by atoms with Gasteiger partial charge in [-0.05, 0) is 43.0 Å². The summed E-state index contributed by atoms with van der Waals surface area (Å²) in [5.41, 5.74) is 1.22. The molecule has 0 aliphatic heterocycles. The normalized spacial score (nSPS) is 10.7. The lowest BCUT2D eigenvalue weighted by Gasteiger charge is -2.09. The van der Waals surface area contributed by atoms with Gasteiger partial charge in [0.15, 0.2) is 6.61 Å². The highest BCUT2D eigenvalue weighted by atomic mass is 16.5. The predicted molar refractivity (Wildman–Crippen MR) is 86.4 cm³/mol. The molecule has 4 nitrogen and oxygen atoms in total. The van der Waals surface area contributed by atoms with Gasteiger partial charge in [-0.2, -0.15) is 0 Å². The Bertz CT molecular complexity index is 402. The Morgan fingerprint density at radius 1 is 1.19 bits per heavy atom. The van der Waals surface area contributed by atoms with E-state index in [0.29, 0.717) is 12.5 Å². The van der Waals surface area contributed by atoms with E-state index in [4.69, 9.17) is 4.74 Å². The van der Waals surface area contributed by atoms with Crippen LogP contribution in [0.15, 0.2) is 24.3 Å². The zero-order valence-corrected chi connectivity index (χ0v) is 13.4. The van der Waals surface area contributed by atoms with Gasteiger partial charge in [0.1, 0.15) is 5.75 Å². The van der Waals surface area contributed by atoms with Crippen molar-refractivity contribution in [2.45, 2.75) is 40.2 Å². The van der Waals surface area contributed by atoms with Crippen LogP contribution in [-0.4, -0.2) is 25.6 Å². The zero-order chi connectivity index (χ0) is 15.5. The molecular weight excluding hydrogens is 264 g/mol. The second-order valence-electron chi connectivity index (χ2n) is 5.64. The first-order valence-corrected chi connectivity index (χ1v) is 7.81. The van der Waals surface area contributed by atoms with Crippen molar-refractivity contribution in [2.75, 3.05) is 19.7 Å². The van der Waals surface area contributed by atoms with Crippen molar-refractivity contribution < 1.29 is 9.53 Å². The third-order valence-electron chi connectivity index (χ3n) is 3.09. The van der Waals surface area contributed by atoms with Crippen LogP contribution in [0.25, 0.3) is 0 Å². The van der Waals surface area contributed by atoms with Crippen LogP contribution in [0, 0.1) is 5.92 Å². The summed E-state index contributed by atoms with van der Waals surface area (Å²) < 4.78 is 5.47. The number of rotatable bonds is 10. The third kappa shape index (κ3) is 8.35. The molecule has 0 aromatic heterocycles. The van der Waals surface area contributed by atoms with Gasteiger partial charge in [-0.15, -0.1) is 0 Å². The predicted octanol–water partition coefficient (Wildman–Crippen LogP) is 2.73. The maximum absolute atomic E-state index is 11.6. The summed E-state index contributed by atoms with van der Waals surface area (Å²) in [6, 6.07) is 7.86. The summed E-state index contributed by atoms with van der Waals surface area (Å²) in [5.74, 6) is 1.26. The smallest absolute Gasteiger partial charge is 0.257 e. The van der Waals surface area contributed by atoms with E-state index < -0.39 is 0 Å². The van der Waals surface area contributed by atoms with Crippen LogP contribution in [0.5, 0.6) is 5.75 Å². The Morgan fingerprint density at radius 3 is 2.52 bits per heavy atom. The van der Waals surface area contributed by atoms with Gasteiger partial charge in [0.25, 0.3) is 5.91 Å². The number of amides is 1. The number of ether oxygens (including phenoxy) is 1. The lowest BCUT2D eigenvalue weighted by molar-refractivity contribution is -0.123. The topological polar surface area (TPSA) is 50.4 Å². The first-order chi connectivity index (χ1) is 10.1. The van der Waals surface area contributed by atoms with Crippen LogP contribution in [-0.2, 0) is 11.3 Å². The van der Waals surface area contributed by atoms with Crippen LogP contribution < -0.4 is 15.4 Å². The van der Waals surface area contributed by atoms with Crippen molar-refractivity contribution in [3.63, 3.8) is 0 Å². The lowest BCUT2D eigenvalue weighted by atomic mass is 10.1. The third-order valence-corrected chi connectivity index (χ3v) is 3.09. The fraction of sp³-hybridized carbons (Fsp3) is 0.588. The SMILES string of the molecule is CCCNCc1ccc(OCC(=O)NCCC(C)C)cc1. The minimum atomic E-state index is -0.0654. The van der Waals surface area contributed by atoms with Crippen molar-refractivity contribution in [3.8, 4) is 5.75 Å². The molecule has 4 heteroatoms. The lowest BCUT2D eigenvalue weighted by Crippen LogP contribution is -2.30. The maximum atomic E-state index is 11.6. The van der Waals surface area contributed by atoms with Gasteiger partial charge in [0.2, 0.25) is 0 Å². The first kappa shape index (κ1) is 17.5. The highest BCUT2D eigenvalue weighted by molar-refractivity contribution is 5.77. The van der Waals surface area contributed by atoms with Crippen molar-refractivity contribution in [3.05, 3.63) is 29.8 Å². The fourth-order valence-corrected chi connectivity index (χ4v) is 1.81. The average Bonchev–Trinajstić information content (AvgIpc) is 2.46. The number of carbonyl (C=O) groups excluding carboxylic acids is 1. The monoisotopic (exact) mass is 292 g/mol. The van der Waals surface area contributed by atoms with E-state index in [1.54, 1.807) is 0 Å². The van der Waals surface area contributed by atoms with Gasteiger partial charge >= 0.3 is 0 Å². The summed E-state index contributed by atoms with van der Waals surface area (Å²) in [6.45, 7) is 9.10. The largest absolute Gasteiger partial charge is 0.484 e. The second kappa shape index (κ2) is 10.2. The summed E-state index contributed by atoms with van der Waals surface area (Å²) in [5, 5.41) is 6.20. The molecule has 1 aromatic rings. The zero-order valence-electron chi connectivity index (χ0n) is 13.4. The molecule has 0 bridgehead atoms. The van der Waals surface area contributed by atoms with Gasteiger partial charge in [-0.3, -0.25) is 4.79 Å². The molecule has 1 aromatic carbocycles. The fourth-order valence-electron chi connectivity index (χ4n) is 1.81. The van der Waals surface area contributed by atoms with Crippen molar-refractivity contribution in [1.29, 1.82) is 0 Å². The number of nitrogens with one attached hydrogen (secondary N) is 2. The molecule has 0 radical (unpaired) electrons. The quantitative estimate of drug-likeness (QED) is 0.652. The van der Waals surface area contributed by atoms with E-state index in [9.17, 15) is 4.79 Å². The van der Waals surface area contributed by atoms with E-state index in [-0.39, 0.29) is 12.5 Å². The van der Waals surface area contributed by atoms with Gasteiger partial charge in [0, 0.05) is 13.1 Å². The van der Waals surface area contributed by atoms with Crippen molar-refractivity contribution in [1.82, 2.24) is 10.6 Å². The van der Waals surface area contributed by atoms with Gasteiger partial charge in [0.05, 0.1) is 0 Å². The second-order valence-corrected chi connectivity index (χ2v) is 5.64. The molecule has 2 N–H and O–H groups in total. The molecular formula is C17H28N2O2. The Balaban J connectivity index is 2.24. The Labute approximate surface area is 128 Å². The molecule has 118 valence electrons. The molecule has 0 aliphatic carbocycles. The van der Waals surface area contributed by atoms with Crippen molar-refractivity contribution in [2.24, 2.45) is 5.92 Å². The molecule has 21 heavy (non-hydrogen) atoms. The van der Waals surface area contributed by atoms with Gasteiger partial charge < -0.3 is 15.4 Å². The standard InChI is InChI=1S/C17H28N2O2/c1-4-10-18-12-15-5-7-16(8-6-15)21-13-17(20)19-11-9-14(2)3/h5-8,14,18H,4,9-13H2,1-3H3,(H,19,20). The summed E-state index contributed by atoms with van der Waals surface area (Å²) >= 11 is 0. The van der Waals surface area contributed by atoms with E-state index in [2.05, 4.69) is 31.4 Å². The van der Waals surface area contributed by atoms with E-state index in [0.717, 1.165) is 31.7 Å². The van der Waals surface area contributed by atoms with Crippen LogP contribution in [0.1, 0.15) is 39.2 Å². The molecule has 1 amide bonds. The first-order valence-electron chi connectivity index (χ1n) is 7.81. The highest BCUT2D eigenvalue weighted by Crippen LogP contribution is 2.11. The minimum absolute atomic E-state index is 0.0654. The minimum Gasteiger partial charge on any atom is -0.484 e. The Hall–Kier alpha value is -1.55. The molecule has 0 saturated carbocycles. The van der Waals surface area contributed by atoms with Gasteiger partial charge in [-0.25, -0.2) is 0 Å². The van der Waals surface area contributed by atoms with Crippen LogP contribution in [0.4, 0.5) is 0 Å². The summed E-state index contributed by atoms with van der Waals surface area (Å²) in [4.78, 5) is 11.6. The maximum Gasteiger partial charge on any atom is 0.257 e. The molecule has 0 saturated heterocycles. The van der Waals surface area contributed by atoms with E-state index in [1.807, 2.05) is 24.3 Å². The summed E-state index contributed by atoms with van der Waals surface area (Å²) in [7, 11) is 0. The molecule has 0 atom stereocenters. The Kier molecular flexibility index (Phi) is 8.51. The van der Waals surface area contributed by atoms with Crippen LogP contribution in [0.3, 0.4) is 0 Å². The van der Waals surface area contributed by atoms with Crippen LogP contribution in [0.2, 0.25) is 0 Å². The number of hydrogen-bond acceptors (Lipinski definition) is 3. The average molecular weight is 292 g/mol. The summed E-state index contributed by atoms with van der Waals surface area (Å²) in [6.07, 6.45) is 2.12. The van der Waals surface area contributed by atoms with Crippen LogP contribution >= 0.6 is 0 Å².